The molecule has 0 radical (unpaired) electrons. The second-order valence-corrected chi connectivity index (χ2v) is 4.06. The molecule has 2 heteroatoms. The Kier molecular flexibility index (Phi) is 3.86. The van der Waals surface area contributed by atoms with E-state index in [0.29, 0.717) is 0 Å². The van der Waals surface area contributed by atoms with Crippen LogP contribution in [0.4, 0.5) is 0 Å². The second kappa shape index (κ2) is 5.59. The third-order valence-corrected chi connectivity index (χ3v) is 2.76. The lowest BCUT2D eigenvalue weighted by Crippen LogP contribution is -2.19. The highest BCUT2D eigenvalue weighted by Crippen LogP contribution is 2.17. The molecule has 16 heavy (non-hydrogen) atoms. The molecular weight excluding hydrogens is 198 g/mol. The summed E-state index contributed by atoms with van der Waals surface area (Å²) < 4.78 is 5.41. The average Bonchev–Trinajstić information content (AvgIpc) is 2.33. The first-order valence-corrected chi connectivity index (χ1v) is 6.06. The van der Waals surface area contributed by atoms with Crippen molar-refractivity contribution in [2.24, 2.45) is 0 Å². The van der Waals surface area contributed by atoms with Crippen LogP contribution in [0.25, 0.3) is 6.08 Å². The van der Waals surface area contributed by atoms with Crippen molar-refractivity contribution < 1.29 is 4.74 Å². The molecule has 1 aromatic rings. The molecular formula is C14H19NO. The Morgan fingerprint density at radius 1 is 1.25 bits per heavy atom. The lowest BCUT2D eigenvalue weighted by atomic mass is 10.1. The van der Waals surface area contributed by atoms with Crippen LogP contribution in [0.1, 0.15) is 31.7 Å². The number of nitrogens with one attached hydrogen (secondary N) is 1. The summed E-state index contributed by atoms with van der Waals surface area (Å²) in [6, 6.07) is 8.26. The highest BCUT2D eigenvalue weighted by atomic mass is 16.5. The summed E-state index contributed by atoms with van der Waals surface area (Å²) in [5, 5.41) is 3.44. The number of benzene rings is 1. The van der Waals surface area contributed by atoms with Gasteiger partial charge in [-0.2, -0.15) is 0 Å². The fraction of sp³-hybridized carbons (Fsp3) is 0.429. The minimum Gasteiger partial charge on any atom is -0.494 e. The molecule has 1 heterocycles. The van der Waals surface area contributed by atoms with Gasteiger partial charge in [0.1, 0.15) is 5.75 Å². The lowest BCUT2D eigenvalue weighted by molar-refractivity contribution is 0.340. The molecule has 1 aliphatic heterocycles. The first-order valence-electron chi connectivity index (χ1n) is 6.06. The fourth-order valence-electron chi connectivity index (χ4n) is 1.93. The lowest BCUT2D eigenvalue weighted by Gasteiger charge is -2.16. The molecule has 86 valence electrons. The number of hydrogen-bond donors (Lipinski definition) is 1. The van der Waals surface area contributed by atoms with Gasteiger partial charge >= 0.3 is 0 Å². The summed E-state index contributed by atoms with van der Waals surface area (Å²) in [5.41, 5.74) is 2.60. The van der Waals surface area contributed by atoms with E-state index in [2.05, 4.69) is 23.5 Å². The third kappa shape index (κ3) is 3.02. The van der Waals surface area contributed by atoms with Gasteiger partial charge in [-0.3, -0.25) is 0 Å². The van der Waals surface area contributed by atoms with Gasteiger partial charge in [0.05, 0.1) is 6.61 Å². The Hall–Kier alpha value is -1.44. The first-order chi connectivity index (χ1) is 7.88. The molecule has 0 spiro atoms. The monoisotopic (exact) mass is 217 g/mol. The molecule has 0 atom stereocenters. The van der Waals surface area contributed by atoms with Gasteiger partial charge < -0.3 is 10.1 Å². The van der Waals surface area contributed by atoms with Crippen LogP contribution < -0.4 is 10.1 Å². The Morgan fingerprint density at radius 2 is 2.06 bits per heavy atom. The van der Waals surface area contributed by atoms with E-state index in [1.165, 1.54) is 30.5 Å². The molecule has 2 nitrogen and oxygen atoms in total. The normalized spacial score (nSPS) is 18.2. The maximum atomic E-state index is 5.41. The standard InChI is InChI=1S/C14H19NO/c1-2-16-14-8-6-12(7-9-14)11-13-5-3-4-10-15-13/h6-9,11,15H,2-5,10H2,1H3. The molecule has 0 amide bonds. The number of allylic oxidation sites excluding steroid dienone is 1. The quantitative estimate of drug-likeness (QED) is 0.839. The number of hydrogen-bond acceptors (Lipinski definition) is 2. The Balaban J connectivity index is 2.03. The van der Waals surface area contributed by atoms with Gasteiger partial charge in [0.25, 0.3) is 0 Å². The van der Waals surface area contributed by atoms with Crippen LogP contribution in [-0.4, -0.2) is 13.2 Å². The van der Waals surface area contributed by atoms with Crippen LogP contribution in [0.15, 0.2) is 30.0 Å². The van der Waals surface area contributed by atoms with Gasteiger partial charge in [-0.05, 0) is 50.0 Å². The smallest absolute Gasteiger partial charge is 0.119 e. The van der Waals surface area contributed by atoms with E-state index >= 15 is 0 Å². The number of rotatable bonds is 3. The molecule has 0 aromatic heterocycles. The van der Waals surface area contributed by atoms with Gasteiger partial charge in [0.2, 0.25) is 0 Å². The van der Waals surface area contributed by atoms with Crippen molar-refractivity contribution in [2.75, 3.05) is 13.2 Å². The summed E-state index contributed by atoms with van der Waals surface area (Å²) in [7, 11) is 0. The van der Waals surface area contributed by atoms with Crippen molar-refractivity contribution in [2.45, 2.75) is 26.2 Å². The van der Waals surface area contributed by atoms with Crippen molar-refractivity contribution in [1.29, 1.82) is 0 Å². The Labute approximate surface area is 97.3 Å². The van der Waals surface area contributed by atoms with E-state index in [-0.39, 0.29) is 0 Å². The summed E-state index contributed by atoms with van der Waals surface area (Å²) >= 11 is 0. The molecule has 0 unspecified atom stereocenters. The summed E-state index contributed by atoms with van der Waals surface area (Å²) in [5.74, 6) is 0.946. The van der Waals surface area contributed by atoms with Gasteiger partial charge in [-0.25, -0.2) is 0 Å². The summed E-state index contributed by atoms with van der Waals surface area (Å²) in [6.07, 6.45) is 6.00. The molecule has 1 saturated heterocycles. The number of ether oxygens (including phenoxy) is 1. The van der Waals surface area contributed by atoms with Gasteiger partial charge in [0, 0.05) is 12.2 Å². The summed E-state index contributed by atoms with van der Waals surface area (Å²) in [6.45, 7) is 3.84. The van der Waals surface area contributed by atoms with Crippen molar-refractivity contribution in [1.82, 2.24) is 5.32 Å². The van der Waals surface area contributed by atoms with Crippen molar-refractivity contribution in [3.05, 3.63) is 35.5 Å². The second-order valence-electron chi connectivity index (χ2n) is 4.06. The van der Waals surface area contributed by atoms with Gasteiger partial charge in [-0.15, -0.1) is 0 Å². The van der Waals surface area contributed by atoms with Crippen molar-refractivity contribution in [3.8, 4) is 5.75 Å². The minimum absolute atomic E-state index is 0.724. The highest BCUT2D eigenvalue weighted by molar-refractivity contribution is 5.53. The SMILES string of the molecule is CCOc1ccc(C=C2CCCCN2)cc1. The van der Waals surface area contributed by atoms with Gasteiger partial charge in [-0.1, -0.05) is 12.1 Å². The van der Waals surface area contributed by atoms with Crippen LogP contribution in [0, 0.1) is 0 Å². The average molecular weight is 217 g/mol. The largest absolute Gasteiger partial charge is 0.494 e. The van der Waals surface area contributed by atoms with Crippen LogP contribution >= 0.6 is 0 Å². The van der Waals surface area contributed by atoms with E-state index in [1.54, 1.807) is 0 Å². The van der Waals surface area contributed by atoms with Gasteiger partial charge in [0.15, 0.2) is 0 Å². The third-order valence-electron chi connectivity index (χ3n) is 2.76. The van der Waals surface area contributed by atoms with E-state index < -0.39 is 0 Å². The maximum Gasteiger partial charge on any atom is 0.119 e. The van der Waals surface area contributed by atoms with Crippen LogP contribution in [0.3, 0.4) is 0 Å². The van der Waals surface area contributed by atoms with Crippen LogP contribution in [0.2, 0.25) is 0 Å². The van der Waals surface area contributed by atoms with E-state index in [9.17, 15) is 0 Å². The van der Waals surface area contributed by atoms with Crippen LogP contribution in [-0.2, 0) is 0 Å². The maximum absolute atomic E-state index is 5.41. The predicted molar refractivity (Wildman–Crippen MR) is 67.4 cm³/mol. The molecule has 0 bridgehead atoms. The highest BCUT2D eigenvalue weighted by Gasteiger charge is 2.03. The summed E-state index contributed by atoms with van der Waals surface area (Å²) in [4.78, 5) is 0. The first kappa shape index (κ1) is 11.1. The molecule has 1 aromatic carbocycles. The molecule has 1 N–H and O–H groups in total. The number of piperidine rings is 1. The fourth-order valence-corrected chi connectivity index (χ4v) is 1.93. The Morgan fingerprint density at radius 3 is 2.69 bits per heavy atom. The molecule has 1 aliphatic rings. The molecule has 0 aliphatic carbocycles. The van der Waals surface area contributed by atoms with Crippen LogP contribution in [0.5, 0.6) is 5.75 Å². The van der Waals surface area contributed by atoms with Crippen molar-refractivity contribution in [3.63, 3.8) is 0 Å². The molecule has 2 rings (SSSR count). The topological polar surface area (TPSA) is 21.3 Å². The van der Waals surface area contributed by atoms with E-state index in [4.69, 9.17) is 4.74 Å². The van der Waals surface area contributed by atoms with E-state index in [0.717, 1.165) is 18.9 Å². The van der Waals surface area contributed by atoms with E-state index in [1.807, 2.05) is 19.1 Å². The predicted octanol–water partition coefficient (Wildman–Crippen LogP) is 3.20. The zero-order valence-corrected chi connectivity index (χ0v) is 9.83. The molecule has 0 saturated carbocycles. The molecule has 1 fully saturated rings. The Bertz CT molecular complexity index is 346. The zero-order chi connectivity index (χ0) is 11.2. The zero-order valence-electron chi connectivity index (χ0n) is 9.83. The minimum atomic E-state index is 0.724. The van der Waals surface area contributed by atoms with Crippen molar-refractivity contribution >= 4 is 6.08 Å².